The molecule has 33 heavy (non-hydrogen) atoms. The summed E-state index contributed by atoms with van der Waals surface area (Å²) in [5, 5.41) is 29.8. The SMILES string of the molecule is N#Cc1ccc(N2CCC3(CC2)CN(C(=O)CCn2cnnn2)CC3CO)cc1C(F)(F)F. The lowest BCUT2D eigenvalue weighted by molar-refractivity contribution is -0.137. The topological polar surface area (TPSA) is 111 Å². The monoisotopic (exact) mass is 463 g/mol. The van der Waals surface area contributed by atoms with E-state index in [9.17, 15) is 23.1 Å². The van der Waals surface area contributed by atoms with E-state index in [0.29, 0.717) is 51.3 Å². The first-order valence-electron chi connectivity index (χ1n) is 10.7. The highest BCUT2D eigenvalue weighted by Crippen LogP contribution is 2.46. The second-order valence-corrected chi connectivity index (χ2v) is 8.67. The maximum Gasteiger partial charge on any atom is 0.417 e. The molecule has 2 fully saturated rings. The number of alkyl halides is 3. The van der Waals surface area contributed by atoms with Crippen LogP contribution in [0.4, 0.5) is 18.9 Å². The summed E-state index contributed by atoms with van der Waals surface area (Å²) in [6.45, 7) is 2.30. The number of amides is 1. The van der Waals surface area contributed by atoms with Gasteiger partial charge >= 0.3 is 6.18 Å². The molecule has 2 aromatic rings. The standard InChI is InChI=1S/C21H24F3N7O2/c22-21(23,24)18-9-17(2-1-15(18)10-25)29-7-4-20(5-8-29)13-30(11-16(20)12-32)19(33)3-6-31-14-26-27-28-31/h1-2,9,14,16,32H,3-8,11-13H2. The van der Waals surface area contributed by atoms with Crippen LogP contribution in [-0.4, -0.2) is 68.9 Å². The van der Waals surface area contributed by atoms with Gasteiger partial charge in [-0.3, -0.25) is 4.79 Å². The summed E-state index contributed by atoms with van der Waals surface area (Å²) in [6.07, 6.45) is -1.61. The zero-order valence-corrected chi connectivity index (χ0v) is 17.9. The Bertz CT molecular complexity index is 1030. The minimum atomic E-state index is -4.60. The number of aromatic nitrogens is 4. The van der Waals surface area contributed by atoms with Crippen LogP contribution in [-0.2, 0) is 17.5 Å². The number of piperidine rings is 1. The third-order valence-electron chi connectivity index (χ3n) is 6.89. The van der Waals surface area contributed by atoms with Gasteiger partial charge in [0, 0.05) is 50.8 Å². The average molecular weight is 463 g/mol. The number of carbonyl (C=O) groups is 1. The van der Waals surface area contributed by atoms with E-state index in [4.69, 9.17) is 5.26 Å². The molecule has 9 nitrogen and oxygen atoms in total. The van der Waals surface area contributed by atoms with Crippen molar-refractivity contribution in [3.8, 4) is 6.07 Å². The summed E-state index contributed by atoms with van der Waals surface area (Å²) in [4.78, 5) is 16.4. The molecule has 0 saturated carbocycles. The van der Waals surface area contributed by atoms with Crippen molar-refractivity contribution in [2.45, 2.75) is 32.0 Å². The van der Waals surface area contributed by atoms with Crippen molar-refractivity contribution in [3.63, 3.8) is 0 Å². The van der Waals surface area contributed by atoms with E-state index in [0.717, 1.165) is 6.07 Å². The van der Waals surface area contributed by atoms with Crippen LogP contribution in [0.3, 0.4) is 0 Å². The van der Waals surface area contributed by atoms with E-state index < -0.39 is 17.3 Å². The minimum absolute atomic E-state index is 0.0369. The van der Waals surface area contributed by atoms with Gasteiger partial charge in [0.1, 0.15) is 6.33 Å². The Hall–Kier alpha value is -3.20. The molecule has 12 heteroatoms. The van der Waals surface area contributed by atoms with Gasteiger partial charge in [-0.1, -0.05) is 0 Å². The summed E-state index contributed by atoms with van der Waals surface area (Å²) in [5.41, 5.74) is -1.18. The predicted molar refractivity (Wildman–Crippen MR) is 110 cm³/mol. The van der Waals surface area contributed by atoms with Crippen LogP contribution in [0.2, 0.25) is 0 Å². The Morgan fingerprint density at radius 1 is 1.30 bits per heavy atom. The molecule has 2 aliphatic heterocycles. The highest BCUT2D eigenvalue weighted by molar-refractivity contribution is 5.76. The fourth-order valence-electron chi connectivity index (χ4n) is 4.96. The molecule has 1 N–H and O–H groups in total. The third-order valence-corrected chi connectivity index (χ3v) is 6.89. The maximum absolute atomic E-state index is 13.3. The number of anilines is 1. The molecule has 2 aliphatic rings. The number of aryl methyl sites for hydroxylation is 1. The predicted octanol–water partition coefficient (Wildman–Crippen LogP) is 1.69. The van der Waals surface area contributed by atoms with Crippen LogP contribution in [0.5, 0.6) is 0 Å². The van der Waals surface area contributed by atoms with Gasteiger partial charge in [0.05, 0.1) is 23.7 Å². The van der Waals surface area contributed by atoms with Gasteiger partial charge in [-0.25, -0.2) is 4.68 Å². The molecule has 0 bridgehead atoms. The zero-order chi connectivity index (χ0) is 23.6. The molecular formula is C21H24F3N7O2. The van der Waals surface area contributed by atoms with Gasteiger partial charge < -0.3 is 14.9 Å². The van der Waals surface area contributed by atoms with Crippen LogP contribution in [0, 0.1) is 22.7 Å². The lowest BCUT2D eigenvalue weighted by Crippen LogP contribution is -2.45. The van der Waals surface area contributed by atoms with E-state index >= 15 is 0 Å². The average Bonchev–Trinajstić information content (AvgIpc) is 3.45. The van der Waals surface area contributed by atoms with E-state index in [1.54, 1.807) is 17.0 Å². The van der Waals surface area contributed by atoms with Gasteiger partial charge in [-0.15, -0.1) is 5.10 Å². The number of hydrogen-bond donors (Lipinski definition) is 1. The smallest absolute Gasteiger partial charge is 0.396 e. The Morgan fingerprint density at radius 3 is 2.67 bits per heavy atom. The van der Waals surface area contributed by atoms with Crippen molar-refractivity contribution in [3.05, 3.63) is 35.7 Å². The highest BCUT2D eigenvalue weighted by Gasteiger charge is 2.49. The summed E-state index contributed by atoms with van der Waals surface area (Å²) >= 11 is 0. The third kappa shape index (κ3) is 4.64. The van der Waals surface area contributed by atoms with Crippen molar-refractivity contribution >= 4 is 11.6 Å². The summed E-state index contributed by atoms with van der Waals surface area (Å²) in [5.74, 6) is -0.117. The van der Waals surface area contributed by atoms with Crippen molar-refractivity contribution in [2.24, 2.45) is 11.3 Å². The quantitative estimate of drug-likeness (QED) is 0.718. The van der Waals surface area contributed by atoms with Crippen molar-refractivity contribution in [1.29, 1.82) is 5.26 Å². The molecule has 1 spiro atoms. The zero-order valence-electron chi connectivity index (χ0n) is 17.9. The fourth-order valence-corrected chi connectivity index (χ4v) is 4.96. The Morgan fingerprint density at radius 2 is 2.06 bits per heavy atom. The first kappa shape index (κ1) is 23.0. The molecule has 176 valence electrons. The molecule has 1 amide bonds. The highest BCUT2D eigenvalue weighted by atomic mass is 19.4. The van der Waals surface area contributed by atoms with Crippen LogP contribution < -0.4 is 4.90 Å². The van der Waals surface area contributed by atoms with Crippen molar-refractivity contribution in [2.75, 3.05) is 37.7 Å². The van der Waals surface area contributed by atoms with Gasteiger partial charge in [0.15, 0.2) is 0 Å². The van der Waals surface area contributed by atoms with Crippen molar-refractivity contribution < 1.29 is 23.1 Å². The Labute approximate surface area is 188 Å². The van der Waals surface area contributed by atoms with Crippen LogP contribution in [0.15, 0.2) is 24.5 Å². The summed E-state index contributed by atoms with van der Waals surface area (Å²) in [7, 11) is 0. The van der Waals surface area contributed by atoms with E-state index in [1.165, 1.54) is 17.1 Å². The largest absolute Gasteiger partial charge is 0.417 e. The molecule has 2 saturated heterocycles. The normalized spacial score (nSPS) is 20.3. The van der Waals surface area contributed by atoms with Gasteiger partial charge in [-0.2, -0.15) is 18.4 Å². The number of aliphatic hydroxyl groups excluding tert-OH is 1. The number of likely N-dealkylation sites (tertiary alicyclic amines) is 1. The molecule has 0 radical (unpaired) electrons. The van der Waals surface area contributed by atoms with Crippen LogP contribution in [0.25, 0.3) is 0 Å². The number of tetrazole rings is 1. The molecule has 0 aliphatic carbocycles. The second-order valence-electron chi connectivity index (χ2n) is 8.67. The molecule has 1 aromatic heterocycles. The number of carbonyl (C=O) groups excluding carboxylic acids is 1. The lowest BCUT2D eigenvalue weighted by Gasteiger charge is -2.43. The molecule has 1 atom stereocenters. The van der Waals surface area contributed by atoms with E-state index in [-0.39, 0.29) is 30.3 Å². The molecular weight excluding hydrogens is 439 g/mol. The number of benzene rings is 1. The molecule has 1 aromatic carbocycles. The van der Waals surface area contributed by atoms with Gasteiger partial charge in [-0.05, 0) is 46.9 Å². The number of rotatable bonds is 5. The van der Waals surface area contributed by atoms with E-state index in [1.807, 2.05) is 4.90 Å². The molecule has 3 heterocycles. The van der Waals surface area contributed by atoms with Gasteiger partial charge in [0.25, 0.3) is 0 Å². The van der Waals surface area contributed by atoms with Crippen LogP contribution in [0.1, 0.15) is 30.4 Å². The summed E-state index contributed by atoms with van der Waals surface area (Å²) in [6, 6.07) is 5.38. The number of hydrogen-bond acceptors (Lipinski definition) is 7. The first-order valence-corrected chi connectivity index (χ1v) is 10.7. The van der Waals surface area contributed by atoms with Crippen LogP contribution >= 0.6 is 0 Å². The number of halogens is 3. The summed E-state index contributed by atoms with van der Waals surface area (Å²) < 4.78 is 41.5. The molecule has 4 rings (SSSR count). The van der Waals surface area contributed by atoms with E-state index in [2.05, 4.69) is 15.5 Å². The minimum Gasteiger partial charge on any atom is -0.396 e. The van der Waals surface area contributed by atoms with Crippen molar-refractivity contribution in [1.82, 2.24) is 25.1 Å². The number of nitrogens with zero attached hydrogens (tertiary/aromatic N) is 7. The number of aliphatic hydroxyl groups is 1. The lowest BCUT2D eigenvalue weighted by atomic mass is 9.71. The first-order chi connectivity index (χ1) is 15.8. The number of nitriles is 1. The Balaban J connectivity index is 1.42. The molecule has 1 unspecified atom stereocenters. The Kier molecular flexibility index (Phi) is 6.25. The fraction of sp³-hybridized carbons (Fsp3) is 0.571. The maximum atomic E-state index is 13.3. The second kappa shape index (κ2) is 8.97. The van der Waals surface area contributed by atoms with Gasteiger partial charge in [0.2, 0.25) is 5.91 Å².